The quantitative estimate of drug-likeness (QED) is 0.389. The Bertz CT molecular complexity index is 488. The predicted octanol–water partition coefficient (Wildman–Crippen LogP) is 2.61. The summed E-state index contributed by atoms with van der Waals surface area (Å²) in [6.45, 7) is 5.67. The molecule has 0 saturated heterocycles. The maximum Gasteiger partial charge on any atom is 0.407 e. The Morgan fingerprint density at radius 1 is 1.55 bits per heavy atom. The highest BCUT2D eigenvalue weighted by Crippen LogP contribution is 2.25. The molecule has 0 saturated carbocycles. The van der Waals surface area contributed by atoms with Gasteiger partial charge in [-0.15, -0.1) is 0 Å². The Morgan fingerprint density at radius 2 is 2.25 bits per heavy atom. The molecule has 0 aliphatic heterocycles. The lowest BCUT2D eigenvalue weighted by molar-refractivity contribution is -0.388. The third-order valence-electron chi connectivity index (χ3n) is 1.96. The normalized spacial score (nSPS) is 10.9. The van der Waals surface area contributed by atoms with Crippen LogP contribution in [0.15, 0.2) is 23.4 Å². The summed E-state index contributed by atoms with van der Waals surface area (Å²) in [5.41, 5.74) is -0.577. The van der Waals surface area contributed by atoms with Crippen molar-refractivity contribution in [1.29, 1.82) is 0 Å². The summed E-state index contributed by atoms with van der Waals surface area (Å²) in [6.07, 6.45) is 0.991. The van der Waals surface area contributed by atoms with E-state index >= 15 is 0 Å². The molecule has 20 heavy (non-hydrogen) atoms. The van der Waals surface area contributed by atoms with Gasteiger partial charge in [0.05, 0.1) is 4.92 Å². The van der Waals surface area contributed by atoms with Crippen LogP contribution in [0.3, 0.4) is 0 Å². The van der Waals surface area contributed by atoms with Crippen molar-refractivity contribution in [2.75, 3.05) is 12.3 Å². The fourth-order valence-corrected chi connectivity index (χ4v) is 2.07. The molecule has 0 spiro atoms. The van der Waals surface area contributed by atoms with Crippen molar-refractivity contribution >= 4 is 23.5 Å². The van der Waals surface area contributed by atoms with E-state index < -0.39 is 16.6 Å². The molecule has 8 heteroatoms. The van der Waals surface area contributed by atoms with E-state index in [9.17, 15) is 14.9 Å². The van der Waals surface area contributed by atoms with Crippen LogP contribution in [0.25, 0.3) is 0 Å². The number of hydrogen-bond donors (Lipinski definition) is 1. The molecule has 1 heterocycles. The standard InChI is InChI=1S/C12H17N3O4S/c1-12(2,3)19-11(16)14-7-8-20-10-9(15(17)18)5-4-6-13-10/h4-6H,7-8H2,1-3H3,(H,14,16). The van der Waals surface area contributed by atoms with Crippen molar-refractivity contribution in [1.82, 2.24) is 10.3 Å². The Kier molecular flexibility index (Phi) is 5.75. The van der Waals surface area contributed by atoms with Crippen LogP contribution >= 0.6 is 11.8 Å². The fourth-order valence-electron chi connectivity index (χ4n) is 1.25. The van der Waals surface area contributed by atoms with Gasteiger partial charge in [-0.3, -0.25) is 10.1 Å². The molecule has 1 aromatic rings. The molecule has 0 aromatic carbocycles. The van der Waals surface area contributed by atoms with Gasteiger partial charge in [-0.1, -0.05) is 11.8 Å². The van der Waals surface area contributed by atoms with Gasteiger partial charge in [0.15, 0.2) is 5.03 Å². The first-order valence-electron chi connectivity index (χ1n) is 5.98. The van der Waals surface area contributed by atoms with Crippen LogP contribution in [-0.4, -0.2) is 33.9 Å². The molecular weight excluding hydrogens is 282 g/mol. The van der Waals surface area contributed by atoms with Crippen LogP contribution in [-0.2, 0) is 4.74 Å². The lowest BCUT2D eigenvalue weighted by Gasteiger charge is -2.19. The number of carbonyl (C=O) groups excluding carboxylic acids is 1. The van der Waals surface area contributed by atoms with Gasteiger partial charge in [-0.2, -0.15) is 0 Å². The van der Waals surface area contributed by atoms with E-state index in [4.69, 9.17) is 4.74 Å². The molecule has 0 unspecified atom stereocenters. The third kappa shape index (κ3) is 5.87. The average Bonchev–Trinajstić information content (AvgIpc) is 2.33. The van der Waals surface area contributed by atoms with Gasteiger partial charge in [-0.25, -0.2) is 9.78 Å². The first-order chi connectivity index (χ1) is 9.29. The number of nitrogens with zero attached hydrogens (tertiary/aromatic N) is 2. The molecule has 0 fully saturated rings. The number of nitrogens with one attached hydrogen (secondary N) is 1. The average molecular weight is 299 g/mol. The summed E-state index contributed by atoms with van der Waals surface area (Å²) in [7, 11) is 0. The number of ether oxygens (including phenoxy) is 1. The van der Waals surface area contributed by atoms with Crippen LogP contribution in [0, 0.1) is 10.1 Å². The molecule has 110 valence electrons. The number of carbonyl (C=O) groups is 1. The second-order valence-corrected chi connectivity index (χ2v) is 5.95. The minimum Gasteiger partial charge on any atom is -0.444 e. The van der Waals surface area contributed by atoms with Crippen molar-refractivity contribution in [3.8, 4) is 0 Å². The van der Waals surface area contributed by atoms with E-state index in [1.807, 2.05) is 0 Å². The lowest BCUT2D eigenvalue weighted by Crippen LogP contribution is -2.33. The minimum atomic E-state index is -0.545. The van der Waals surface area contributed by atoms with E-state index in [1.165, 1.54) is 30.1 Å². The highest BCUT2D eigenvalue weighted by molar-refractivity contribution is 7.99. The second-order valence-electron chi connectivity index (χ2n) is 4.86. The van der Waals surface area contributed by atoms with Crippen molar-refractivity contribution in [3.63, 3.8) is 0 Å². The molecule has 0 aliphatic carbocycles. The molecule has 7 nitrogen and oxygen atoms in total. The zero-order chi connectivity index (χ0) is 15.2. The number of thioether (sulfide) groups is 1. The summed E-state index contributed by atoms with van der Waals surface area (Å²) in [5, 5.41) is 13.7. The first-order valence-corrected chi connectivity index (χ1v) is 6.97. The smallest absolute Gasteiger partial charge is 0.407 e. The van der Waals surface area contributed by atoms with E-state index in [2.05, 4.69) is 10.3 Å². The maximum absolute atomic E-state index is 11.4. The number of amides is 1. The Balaban J connectivity index is 2.39. The number of pyridine rings is 1. The first kappa shape index (κ1) is 16.2. The summed E-state index contributed by atoms with van der Waals surface area (Å²) >= 11 is 1.21. The third-order valence-corrected chi connectivity index (χ3v) is 2.95. The van der Waals surface area contributed by atoms with Gasteiger partial charge in [0.25, 0.3) is 0 Å². The van der Waals surface area contributed by atoms with Crippen LogP contribution in [0.1, 0.15) is 20.8 Å². The van der Waals surface area contributed by atoms with E-state index in [-0.39, 0.29) is 5.69 Å². The molecule has 1 aromatic heterocycles. The monoisotopic (exact) mass is 299 g/mol. The largest absolute Gasteiger partial charge is 0.444 e. The SMILES string of the molecule is CC(C)(C)OC(=O)NCCSc1ncccc1[N+](=O)[O-]. The van der Waals surface area contributed by atoms with Crippen LogP contribution in [0.4, 0.5) is 10.5 Å². The molecule has 0 aliphatic rings. The highest BCUT2D eigenvalue weighted by atomic mass is 32.2. The van der Waals surface area contributed by atoms with E-state index in [0.717, 1.165) is 0 Å². The molecule has 0 radical (unpaired) electrons. The van der Waals surface area contributed by atoms with Gasteiger partial charge in [-0.05, 0) is 26.8 Å². The summed E-state index contributed by atoms with van der Waals surface area (Å²) in [6, 6.07) is 2.91. The zero-order valence-corrected chi connectivity index (χ0v) is 12.4. The summed E-state index contributed by atoms with van der Waals surface area (Å²) < 4.78 is 5.07. The maximum atomic E-state index is 11.4. The lowest BCUT2D eigenvalue weighted by atomic mass is 10.2. The number of nitro groups is 1. The molecule has 1 rings (SSSR count). The number of rotatable bonds is 5. The summed E-state index contributed by atoms with van der Waals surface area (Å²) in [5.74, 6) is 0.469. The number of alkyl carbamates (subject to hydrolysis) is 1. The van der Waals surface area contributed by atoms with Crippen molar-refractivity contribution < 1.29 is 14.5 Å². The second kappa shape index (κ2) is 7.09. The van der Waals surface area contributed by atoms with Crippen molar-refractivity contribution in [2.45, 2.75) is 31.4 Å². The predicted molar refractivity (Wildman–Crippen MR) is 75.9 cm³/mol. The van der Waals surface area contributed by atoms with Gasteiger partial charge in [0.1, 0.15) is 5.60 Å². The Morgan fingerprint density at radius 3 is 2.85 bits per heavy atom. The Hall–Kier alpha value is -1.83. The van der Waals surface area contributed by atoms with E-state index in [0.29, 0.717) is 17.3 Å². The van der Waals surface area contributed by atoms with Crippen LogP contribution in [0.2, 0.25) is 0 Å². The van der Waals surface area contributed by atoms with E-state index in [1.54, 1.807) is 20.8 Å². The summed E-state index contributed by atoms with van der Waals surface area (Å²) in [4.78, 5) is 25.6. The zero-order valence-electron chi connectivity index (χ0n) is 11.6. The molecule has 0 bridgehead atoms. The van der Waals surface area contributed by atoms with Gasteiger partial charge < -0.3 is 10.1 Å². The van der Waals surface area contributed by atoms with Crippen LogP contribution in [0.5, 0.6) is 0 Å². The van der Waals surface area contributed by atoms with Gasteiger partial charge >= 0.3 is 11.8 Å². The van der Waals surface area contributed by atoms with Crippen molar-refractivity contribution in [2.24, 2.45) is 0 Å². The van der Waals surface area contributed by atoms with Crippen LogP contribution < -0.4 is 5.32 Å². The molecule has 0 atom stereocenters. The van der Waals surface area contributed by atoms with Crippen molar-refractivity contribution in [3.05, 3.63) is 28.4 Å². The Labute approximate surface area is 121 Å². The fraction of sp³-hybridized carbons (Fsp3) is 0.500. The van der Waals surface area contributed by atoms with Gasteiger partial charge in [0.2, 0.25) is 0 Å². The number of hydrogen-bond acceptors (Lipinski definition) is 6. The molecular formula is C12H17N3O4S. The topological polar surface area (TPSA) is 94.4 Å². The van der Waals surface area contributed by atoms with Gasteiger partial charge in [0, 0.05) is 24.6 Å². The molecule has 1 N–H and O–H groups in total. The molecule has 1 amide bonds. The number of aromatic nitrogens is 1. The minimum absolute atomic E-state index is 0.0326. The highest BCUT2D eigenvalue weighted by Gasteiger charge is 2.16.